The maximum absolute atomic E-state index is 2.45. The molecule has 4 aromatic rings. The molecule has 33 heavy (non-hydrogen) atoms. The Labute approximate surface area is 198 Å². The van der Waals surface area contributed by atoms with Crippen LogP contribution in [0.15, 0.2) is 97.1 Å². The summed E-state index contributed by atoms with van der Waals surface area (Å²) in [7, 11) is 4.78. The van der Waals surface area contributed by atoms with Gasteiger partial charge in [0.1, 0.15) is 0 Å². The molecule has 0 saturated carbocycles. The standard InChI is InChI=1S/C31H32BN/c1-23-10-16-26(17-11-23)30-22-27-8-6-7-9-31(27)33(4,5)32(30,28-18-12-24(2)13-19-28)29-20-14-25(3)15-21-29/h6-22H,1-5H3. The minimum atomic E-state index is -1.37. The van der Waals surface area contributed by atoms with Gasteiger partial charge in [0.15, 0.2) is 0 Å². The summed E-state index contributed by atoms with van der Waals surface area (Å²) >= 11 is 0. The van der Waals surface area contributed by atoms with Gasteiger partial charge < -0.3 is 4.39 Å². The topological polar surface area (TPSA) is 0 Å². The zero-order chi connectivity index (χ0) is 23.2. The van der Waals surface area contributed by atoms with Gasteiger partial charge in [-0.1, -0.05) is 113 Å². The third-order valence-electron chi connectivity index (χ3n) is 7.79. The molecule has 0 unspecified atom stereocenters. The van der Waals surface area contributed by atoms with E-state index in [4.69, 9.17) is 0 Å². The Morgan fingerprint density at radius 2 is 1.00 bits per heavy atom. The largest absolute Gasteiger partial charge is 0.474 e. The van der Waals surface area contributed by atoms with Gasteiger partial charge in [-0.05, 0) is 32.9 Å². The van der Waals surface area contributed by atoms with Crippen LogP contribution in [-0.2, 0) is 0 Å². The molecule has 2 heteroatoms. The molecule has 1 nitrogen and oxygen atoms in total. The van der Waals surface area contributed by atoms with Crippen LogP contribution in [0.2, 0.25) is 0 Å². The van der Waals surface area contributed by atoms with Crippen molar-refractivity contribution in [1.29, 1.82) is 0 Å². The molecular formula is C31H32BN. The molecule has 0 amide bonds. The molecule has 0 fully saturated rings. The second-order valence-corrected chi connectivity index (χ2v) is 10.2. The lowest BCUT2D eigenvalue weighted by molar-refractivity contribution is 0.611. The van der Waals surface area contributed by atoms with E-state index in [1.54, 1.807) is 0 Å². The normalized spacial score (nSPS) is 16.1. The van der Waals surface area contributed by atoms with Crippen molar-refractivity contribution in [1.82, 2.24) is 4.39 Å². The van der Waals surface area contributed by atoms with E-state index in [2.05, 4.69) is 138 Å². The van der Waals surface area contributed by atoms with Gasteiger partial charge in [0, 0.05) is 19.7 Å². The van der Waals surface area contributed by atoms with E-state index in [-0.39, 0.29) is 0 Å². The molecule has 1 heterocycles. The SMILES string of the molecule is Cc1ccc(C2=Cc3ccccc3[N+](C)(C)[B-]2(c2ccc(C)cc2)c2ccc(C)cc2)cc1. The fourth-order valence-electron chi connectivity index (χ4n) is 6.04. The highest BCUT2D eigenvalue weighted by Crippen LogP contribution is 2.44. The van der Waals surface area contributed by atoms with Gasteiger partial charge in [0.2, 0.25) is 0 Å². The Kier molecular flexibility index (Phi) is 5.14. The van der Waals surface area contributed by atoms with Crippen LogP contribution in [0.1, 0.15) is 27.8 Å². The Morgan fingerprint density at radius 1 is 0.545 bits per heavy atom. The van der Waals surface area contributed by atoms with Gasteiger partial charge in [-0.15, -0.1) is 16.4 Å². The first-order valence-electron chi connectivity index (χ1n) is 11.9. The van der Waals surface area contributed by atoms with Crippen LogP contribution in [0.3, 0.4) is 0 Å². The molecule has 4 aromatic carbocycles. The van der Waals surface area contributed by atoms with Gasteiger partial charge in [0.25, 0.3) is 6.28 Å². The van der Waals surface area contributed by atoms with Crippen LogP contribution < -0.4 is 15.3 Å². The molecule has 0 saturated heterocycles. The maximum Gasteiger partial charge on any atom is 0.295 e. The molecule has 5 rings (SSSR count). The van der Waals surface area contributed by atoms with Gasteiger partial charge in [-0.3, -0.25) is 0 Å². The van der Waals surface area contributed by atoms with Crippen molar-refractivity contribution >= 4 is 34.4 Å². The van der Waals surface area contributed by atoms with Gasteiger partial charge in [0.05, 0.1) is 5.69 Å². The molecular weight excluding hydrogens is 397 g/mol. The number of hydrogen-bond donors (Lipinski definition) is 0. The highest BCUT2D eigenvalue weighted by Gasteiger charge is 2.51. The fraction of sp³-hybridized carbons (Fsp3) is 0.161. The molecule has 0 spiro atoms. The van der Waals surface area contributed by atoms with Crippen LogP contribution in [-0.4, -0.2) is 20.4 Å². The number of rotatable bonds is 3. The number of quaternary nitrogens is 1. The molecule has 0 N–H and O–H groups in total. The maximum atomic E-state index is 2.45. The lowest BCUT2D eigenvalue weighted by Crippen LogP contribution is -2.79. The minimum Gasteiger partial charge on any atom is -0.474 e. The third kappa shape index (κ3) is 3.29. The minimum absolute atomic E-state index is 0.766. The molecule has 0 aromatic heterocycles. The smallest absolute Gasteiger partial charge is 0.295 e. The van der Waals surface area contributed by atoms with Gasteiger partial charge in [-0.25, -0.2) is 0 Å². The predicted molar refractivity (Wildman–Crippen MR) is 147 cm³/mol. The number of nitrogens with zero attached hydrogens (tertiary/aromatic N) is 1. The first kappa shape index (κ1) is 21.5. The van der Waals surface area contributed by atoms with Crippen LogP contribution in [0.4, 0.5) is 5.69 Å². The number of benzene rings is 4. The summed E-state index contributed by atoms with van der Waals surface area (Å²) in [6.45, 7) is 6.50. The Morgan fingerprint density at radius 3 is 1.52 bits per heavy atom. The Bertz CT molecular complexity index is 1280. The third-order valence-corrected chi connectivity index (χ3v) is 7.79. The second-order valence-electron chi connectivity index (χ2n) is 10.2. The number of aryl methyl sites for hydroxylation is 3. The lowest BCUT2D eigenvalue weighted by Gasteiger charge is -2.60. The summed E-state index contributed by atoms with van der Waals surface area (Å²) in [4.78, 5) is 0. The quantitative estimate of drug-likeness (QED) is 0.349. The highest BCUT2D eigenvalue weighted by molar-refractivity contribution is 7.16. The van der Waals surface area contributed by atoms with Crippen LogP contribution in [0.5, 0.6) is 0 Å². The van der Waals surface area contributed by atoms with Crippen molar-refractivity contribution in [3.63, 3.8) is 0 Å². The molecule has 1 aliphatic rings. The van der Waals surface area contributed by atoms with Crippen molar-refractivity contribution in [2.75, 3.05) is 14.1 Å². The van der Waals surface area contributed by atoms with E-state index in [1.165, 1.54) is 49.9 Å². The van der Waals surface area contributed by atoms with Gasteiger partial charge >= 0.3 is 0 Å². The molecule has 164 valence electrons. The zero-order valence-electron chi connectivity index (χ0n) is 20.3. The van der Waals surface area contributed by atoms with Crippen molar-refractivity contribution in [2.45, 2.75) is 20.8 Å². The summed E-state index contributed by atoms with van der Waals surface area (Å²) in [5, 5.41) is 0. The molecule has 0 atom stereocenters. The molecule has 0 aliphatic carbocycles. The van der Waals surface area contributed by atoms with E-state index in [9.17, 15) is 0 Å². The Hall–Kier alpha value is -3.36. The second kappa shape index (κ2) is 7.90. The Balaban J connectivity index is 1.95. The average Bonchev–Trinajstić information content (AvgIpc) is 2.81. The molecule has 1 aliphatic heterocycles. The summed E-state index contributed by atoms with van der Waals surface area (Å²) in [5.41, 5.74) is 11.9. The number of hydrogen-bond acceptors (Lipinski definition) is 0. The first-order valence-corrected chi connectivity index (χ1v) is 11.9. The highest BCUT2D eigenvalue weighted by atomic mass is 15.3. The average molecular weight is 429 g/mol. The number of para-hydroxylation sites is 1. The molecule has 0 bridgehead atoms. The summed E-state index contributed by atoms with van der Waals surface area (Å²) in [6, 6.07) is 36.4. The summed E-state index contributed by atoms with van der Waals surface area (Å²) in [6.07, 6.45) is 1.08. The molecule has 0 radical (unpaired) electrons. The van der Waals surface area contributed by atoms with Crippen molar-refractivity contribution in [3.05, 3.63) is 125 Å². The van der Waals surface area contributed by atoms with Crippen molar-refractivity contribution in [3.8, 4) is 0 Å². The van der Waals surface area contributed by atoms with E-state index in [0.29, 0.717) is 0 Å². The van der Waals surface area contributed by atoms with Gasteiger partial charge in [-0.2, -0.15) is 0 Å². The summed E-state index contributed by atoms with van der Waals surface area (Å²) in [5.74, 6) is 0. The first-order chi connectivity index (χ1) is 15.8. The summed E-state index contributed by atoms with van der Waals surface area (Å²) < 4.78 is 0.766. The zero-order valence-corrected chi connectivity index (χ0v) is 20.3. The predicted octanol–water partition coefficient (Wildman–Crippen LogP) is 6.03. The fourth-order valence-corrected chi connectivity index (χ4v) is 6.04. The number of fused-ring (bicyclic) bond motifs is 1. The van der Waals surface area contributed by atoms with Crippen LogP contribution in [0, 0.1) is 20.8 Å². The van der Waals surface area contributed by atoms with E-state index in [1.807, 2.05) is 0 Å². The lowest BCUT2D eigenvalue weighted by atomic mass is 9.20. The van der Waals surface area contributed by atoms with E-state index < -0.39 is 6.28 Å². The van der Waals surface area contributed by atoms with E-state index in [0.717, 1.165) is 4.39 Å². The van der Waals surface area contributed by atoms with Crippen LogP contribution >= 0.6 is 0 Å². The van der Waals surface area contributed by atoms with Crippen molar-refractivity contribution < 1.29 is 0 Å². The van der Waals surface area contributed by atoms with E-state index >= 15 is 0 Å². The van der Waals surface area contributed by atoms with Crippen molar-refractivity contribution in [2.24, 2.45) is 0 Å². The monoisotopic (exact) mass is 429 g/mol. The van der Waals surface area contributed by atoms with Crippen LogP contribution in [0.25, 0.3) is 11.5 Å².